The highest BCUT2D eigenvalue weighted by atomic mass is 16.2. The van der Waals surface area contributed by atoms with Crippen molar-refractivity contribution in [3.8, 4) is 6.07 Å². The summed E-state index contributed by atoms with van der Waals surface area (Å²) in [5.74, 6) is -0.249. The second-order valence-electron chi connectivity index (χ2n) is 3.27. The van der Waals surface area contributed by atoms with Gasteiger partial charge >= 0.3 is 0 Å². The number of hydrogen-bond acceptors (Lipinski definition) is 3. The van der Waals surface area contributed by atoms with E-state index in [1.807, 2.05) is 6.07 Å². The van der Waals surface area contributed by atoms with Gasteiger partial charge in [-0.3, -0.25) is 4.79 Å². The summed E-state index contributed by atoms with van der Waals surface area (Å²) in [4.78, 5) is 13.3. The largest absolute Gasteiger partial charge is 0.392 e. The van der Waals surface area contributed by atoms with E-state index in [4.69, 9.17) is 10.4 Å². The molecule has 0 saturated carbocycles. The maximum absolute atomic E-state index is 11.6. The van der Waals surface area contributed by atoms with Gasteiger partial charge in [0, 0.05) is 13.1 Å². The van der Waals surface area contributed by atoms with E-state index in [0.29, 0.717) is 0 Å². The van der Waals surface area contributed by atoms with Crippen molar-refractivity contribution in [3.05, 3.63) is 11.6 Å². The molecule has 76 valence electrons. The van der Waals surface area contributed by atoms with Crippen LogP contribution in [-0.2, 0) is 4.79 Å². The van der Waals surface area contributed by atoms with Crippen LogP contribution in [0.1, 0.15) is 19.3 Å². The molecule has 1 amide bonds. The average molecular weight is 194 g/mol. The number of nitrogens with zero attached hydrogens (tertiary/aromatic N) is 2. The second-order valence-corrected chi connectivity index (χ2v) is 3.27. The predicted molar refractivity (Wildman–Crippen MR) is 51.2 cm³/mol. The zero-order valence-electron chi connectivity index (χ0n) is 8.07. The van der Waals surface area contributed by atoms with E-state index in [-0.39, 0.29) is 18.1 Å². The van der Waals surface area contributed by atoms with Gasteiger partial charge in [0.1, 0.15) is 11.6 Å². The van der Waals surface area contributed by atoms with Crippen LogP contribution in [0.5, 0.6) is 0 Å². The van der Waals surface area contributed by atoms with E-state index in [2.05, 4.69) is 0 Å². The Bertz CT molecular complexity index is 272. The molecule has 0 aliphatic carbocycles. The molecule has 0 aromatic heterocycles. The minimum atomic E-state index is -0.261. The topological polar surface area (TPSA) is 64.3 Å². The van der Waals surface area contributed by atoms with Gasteiger partial charge in [0.15, 0.2) is 0 Å². The van der Waals surface area contributed by atoms with Crippen LogP contribution in [0.3, 0.4) is 0 Å². The molecular weight excluding hydrogens is 180 g/mol. The second kappa shape index (κ2) is 5.40. The number of hydrogen-bond donors (Lipinski definition) is 1. The summed E-state index contributed by atoms with van der Waals surface area (Å²) >= 11 is 0. The fourth-order valence-electron chi connectivity index (χ4n) is 1.54. The van der Waals surface area contributed by atoms with E-state index in [0.717, 1.165) is 32.4 Å². The van der Waals surface area contributed by atoms with E-state index >= 15 is 0 Å². The van der Waals surface area contributed by atoms with Gasteiger partial charge in [-0.05, 0) is 25.3 Å². The van der Waals surface area contributed by atoms with Gasteiger partial charge in [-0.1, -0.05) is 0 Å². The molecule has 0 atom stereocenters. The first-order chi connectivity index (χ1) is 6.79. The molecule has 0 radical (unpaired) electrons. The zero-order chi connectivity index (χ0) is 10.4. The highest BCUT2D eigenvalue weighted by Gasteiger charge is 2.19. The molecule has 1 fully saturated rings. The van der Waals surface area contributed by atoms with Gasteiger partial charge in [-0.25, -0.2) is 0 Å². The minimum absolute atomic E-state index is 0.0504. The number of likely N-dealkylation sites (tertiary alicyclic amines) is 1. The molecule has 1 heterocycles. The van der Waals surface area contributed by atoms with Crippen LogP contribution in [0.4, 0.5) is 0 Å². The molecule has 1 aliphatic heterocycles. The molecule has 0 unspecified atom stereocenters. The number of aliphatic hydroxyl groups is 1. The fraction of sp³-hybridized carbons (Fsp3) is 0.600. The summed E-state index contributed by atoms with van der Waals surface area (Å²) in [6, 6.07) is 1.81. The number of rotatable bonds is 2. The lowest BCUT2D eigenvalue weighted by atomic mass is 10.1. The molecule has 1 rings (SSSR count). The number of aliphatic hydroxyl groups excluding tert-OH is 1. The third-order valence-electron chi connectivity index (χ3n) is 2.29. The Morgan fingerprint density at radius 1 is 1.43 bits per heavy atom. The number of carbonyl (C=O) groups excluding carboxylic acids is 1. The summed E-state index contributed by atoms with van der Waals surface area (Å²) < 4.78 is 0. The Labute approximate surface area is 83.4 Å². The lowest BCUT2D eigenvalue weighted by Gasteiger charge is -2.26. The maximum atomic E-state index is 11.6. The normalized spacial score (nSPS) is 17.7. The molecule has 0 spiro atoms. The smallest absolute Gasteiger partial charge is 0.264 e. The van der Waals surface area contributed by atoms with Crippen LogP contribution in [0.15, 0.2) is 11.6 Å². The van der Waals surface area contributed by atoms with Crippen LogP contribution in [0, 0.1) is 11.3 Å². The number of amides is 1. The molecule has 4 nitrogen and oxygen atoms in total. The van der Waals surface area contributed by atoms with Crippen molar-refractivity contribution in [2.45, 2.75) is 19.3 Å². The summed E-state index contributed by atoms with van der Waals surface area (Å²) in [6.45, 7) is 1.19. The number of piperidine rings is 1. The van der Waals surface area contributed by atoms with E-state index in [1.54, 1.807) is 4.90 Å². The third kappa shape index (κ3) is 2.57. The third-order valence-corrected chi connectivity index (χ3v) is 2.29. The molecule has 0 bridgehead atoms. The van der Waals surface area contributed by atoms with Crippen LogP contribution >= 0.6 is 0 Å². The van der Waals surface area contributed by atoms with Crippen molar-refractivity contribution in [1.82, 2.24) is 4.90 Å². The number of carbonyl (C=O) groups is 1. The molecule has 14 heavy (non-hydrogen) atoms. The van der Waals surface area contributed by atoms with Gasteiger partial charge in [-0.2, -0.15) is 5.26 Å². The van der Waals surface area contributed by atoms with Gasteiger partial charge in [0.05, 0.1) is 6.61 Å². The van der Waals surface area contributed by atoms with Crippen molar-refractivity contribution in [2.75, 3.05) is 19.7 Å². The predicted octanol–water partition coefficient (Wildman–Crippen LogP) is 0.441. The van der Waals surface area contributed by atoms with Crippen LogP contribution in [0.25, 0.3) is 0 Å². The lowest BCUT2D eigenvalue weighted by molar-refractivity contribution is -0.127. The molecule has 1 aliphatic rings. The van der Waals surface area contributed by atoms with Crippen LogP contribution in [-0.4, -0.2) is 35.6 Å². The summed E-state index contributed by atoms with van der Waals surface area (Å²) in [7, 11) is 0. The van der Waals surface area contributed by atoms with Crippen molar-refractivity contribution in [2.24, 2.45) is 0 Å². The van der Waals surface area contributed by atoms with Crippen molar-refractivity contribution < 1.29 is 9.90 Å². The Morgan fingerprint density at radius 2 is 2.07 bits per heavy atom. The highest BCUT2D eigenvalue weighted by molar-refractivity contribution is 5.97. The van der Waals surface area contributed by atoms with Gasteiger partial charge < -0.3 is 10.0 Å². The summed E-state index contributed by atoms with van der Waals surface area (Å²) in [5.41, 5.74) is 0.0504. The molecule has 4 heteroatoms. The van der Waals surface area contributed by atoms with Crippen molar-refractivity contribution in [3.63, 3.8) is 0 Å². The van der Waals surface area contributed by atoms with Crippen molar-refractivity contribution >= 4 is 5.91 Å². The molecule has 0 aromatic carbocycles. The lowest BCUT2D eigenvalue weighted by Crippen LogP contribution is -2.36. The number of nitriles is 1. The van der Waals surface area contributed by atoms with Gasteiger partial charge in [-0.15, -0.1) is 0 Å². The first kappa shape index (κ1) is 10.7. The molecule has 1 saturated heterocycles. The standard InChI is InChI=1S/C10H14N2O2/c11-8-9(4-7-13)10(14)12-5-2-1-3-6-12/h4,13H,1-3,5-7H2. The van der Waals surface area contributed by atoms with Gasteiger partial charge in [0.25, 0.3) is 5.91 Å². The van der Waals surface area contributed by atoms with E-state index < -0.39 is 0 Å². The summed E-state index contributed by atoms with van der Waals surface area (Å²) in [6.07, 6.45) is 4.42. The maximum Gasteiger partial charge on any atom is 0.264 e. The average Bonchev–Trinajstić information content (AvgIpc) is 2.26. The molecule has 0 aromatic rings. The molecule has 1 N–H and O–H groups in total. The SMILES string of the molecule is N#CC(=CCO)C(=O)N1CCCCC1. The Kier molecular flexibility index (Phi) is 4.14. The Balaban J connectivity index is 2.63. The zero-order valence-corrected chi connectivity index (χ0v) is 8.07. The highest BCUT2D eigenvalue weighted by Crippen LogP contribution is 2.11. The quantitative estimate of drug-likeness (QED) is 0.512. The van der Waals surface area contributed by atoms with Crippen LogP contribution in [0.2, 0.25) is 0 Å². The first-order valence-electron chi connectivity index (χ1n) is 4.80. The fourth-order valence-corrected chi connectivity index (χ4v) is 1.54. The van der Waals surface area contributed by atoms with Gasteiger partial charge in [0.2, 0.25) is 0 Å². The van der Waals surface area contributed by atoms with E-state index in [1.165, 1.54) is 6.08 Å². The summed E-state index contributed by atoms with van der Waals surface area (Å²) in [5, 5.41) is 17.3. The van der Waals surface area contributed by atoms with Crippen LogP contribution < -0.4 is 0 Å². The van der Waals surface area contributed by atoms with Crippen molar-refractivity contribution in [1.29, 1.82) is 5.26 Å². The minimum Gasteiger partial charge on any atom is -0.392 e. The Hall–Kier alpha value is -1.34. The molecular formula is C10H14N2O2. The first-order valence-corrected chi connectivity index (χ1v) is 4.80. The monoisotopic (exact) mass is 194 g/mol. The van der Waals surface area contributed by atoms with E-state index in [9.17, 15) is 4.79 Å². The Morgan fingerprint density at radius 3 is 2.57 bits per heavy atom.